The summed E-state index contributed by atoms with van der Waals surface area (Å²) in [6, 6.07) is 24.0. The summed E-state index contributed by atoms with van der Waals surface area (Å²) < 4.78 is 54.3. The van der Waals surface area contributed by atoms with Crippen LogP contribution in [-0.4, -0.2) is 58.0 Å². The molecule has 9 nitrogen and oxygen atoms in total. The van der Waals surface area contributed by atoms with Crippen LogP contribution in [-0.2, 0) is 32.6 Å². The Morgan fingerprint density at radius 1 is 0.889 bits per heavy atom. The van der Waals surface area contributed by atoms with Crippen LogP contribution in [0.1, 0.15) is 11.1 Å². The topological polar surface area (TPSA) is 105 Å². The first-order chi connectivity index (χ1) is 21.7. The molecule has 4 aromatic carbocycles. The van der Waals surface area contributed by atoms with Gasteiger partial charge in [0.2, 0.25) is 11.8 Å². The minimum absolute atomic E-state index is 0.0117. The number of carbonyl (C=O) groups is 2. The molecule has 234 valence electrons. The lowest BCUT2D eigenvalue weighted by Gasteiger charge is -2.33. The maximum atomic E-state index is 14.3. The Hall–Kier alpha value is -4.61. The van der Waals surface area contributed by atoms with E-state index in [1.165, 1.54) is 42.3 Å². The lowest BCUT2D eigenvalue weighted by Crippen LogP contribution is -2.53. The van der Waals surface area contributed by atoms with E-state index in [9.17, 15) is 22.4 Å². The highest BCUT2D eigenvalue weighted by Crippen LogP contribution is 2.34. The number of rotatable bonds is 11. The van der Waals surface area contributed by atoms with Gasteiger partial charge in [0.25, 0.3) is 10.0 Å². The third kappa shape index (κ3) is 7.55. The van der Waals surface area contributed by atoms with Crippen LogP contribution in [0.15, 0.2) is 102 Å². The van der Waals surface area contributed by atoms with E-state index in [-0.39, 0.29) is 35.9 Å². The molecule has 0 fully saturated rings. The summed E-state index contributed by atoms with van der Waals surface area (Å²) in [7, 11) is -2.93. The second-order valence-electron chi connectivity index (χ2n) is 10.3. The first kappa shape index (κ1) is 31.8. The molecular weight excluding hydrogens is 621 g/mol. The van der Waals surface area contributed by atoms with Crippen molar-refractivity contribution in [2.75, 3.05) is 31.1 Å². The molecule has 4 aromatic rings. The van der Waals surface area contributed by atoms with Crippen LogP contribution in [0.2, 0.25) is 5.02 Å². The highest BCUT2D eigenvalue weighted by molar-refractivity contribution is 7.92. The van der Waals surface area contributed by atoms with E-state index in [0.29, 0.717) is 22.9 Å². The van der Waals surface area contributed by atoms with Crippen LogP contribution < -0.4 is 19.1 Å². The zero-order valence-electron chi connectivity index (χ0n) is 24.4. The molecular formula is C33H31ClFN3O6S. The Bertz CT molecular complexity index is 1760. The number of carbonyl (C=O) groups excluding carboxylic acids is 2. The Kier molecular flexibility index (Phi) is 9.90. The van der Waals surface area contributed by atoms with Crippen LogP contribution in [0.4, 0.5) is 10.1 Å². The fourth-order valence-corrected chi connectivity index (χ4v) is 6.51. The van der Waals surface area contributed by atoms with Gasteiger partial charge in [-0.15, -0.1) is 0 Å². The molecule has 0 aliphatic carbocycles. The summed E-state index contributed by atoms with van der Waals surface area (Å²) in [6.45, 7) is -0.118. The van der Waals surface area contributed by atoms with Gasteiger partial charge in [-0.25, -0.2) is 12.8 Å². The van der Waals surface area contributed by atoms with E-state index in [4.69, 9.17) is 21.1 Å². The molecule has 0 unspecified atom stereocenters. The van der Waals surface area contributed by atoms with Gasteiger partial charge in [-0.3, -0.25) is 13.9 Å². The Morgan fingerprint density at radius 3 is 2.22 bits per heavy atom. The number of amides is 2. The third-order valence-corrected chi connectivity index (χ3v) is 9.30. The van der Waals surface area contributed by atoms with Gasteiger partial charge in [-0.1, -0.05) is 54.1 Å². The largest absolute Gasteiger partial charge is 0.486 e. The summed E-state index contributed by atoms with van der Waals surface area (Å²) in [5, 5.41) is 3.14. The highest BCUT2D eigenvalue weighted by Gasteiger charge is 2.35. The summed E-state index contributed by atoms with van der Waals surface area (Å²) in [5.74, 6) is -1.01. The van der Waals surface area contributed by atoms with Gasteiger partial charge in [-0.2, -0.15) is 0 Å². The maximum absolute atomic E-state index is 14.3. The van der Waals surface area contributed by atoms with E-state index in [2.05, 4.69) is 5.32 Å². The first-order valence-corrected chi connectivity index (χ1v) is 15.9. The summed E-state index contributed by atoms with van der Waals surface area (Å²) in [4.78, 5) is 28.9. The molecule has 2 amide bonds. The average molecular weight is 652 g/mol. The smallest absolute Gasteiger partial charge is 0.264 e. The fraction of sp³-hybridized carbons (Fsp3) is 0.212. The number of nitrogens with zero attached hydrogens (tertiary/aromatic N) is 2. The second kappa shape index (κ2) is 14.0. The zero-order valence-corrected chi connectivity index (χ0v) is 25.9. The quantitative estimate of drug-likeness (QED) is 0.249. The number of anilines is 1. The molecule has 0 aromatic heterocycles. The molecule has 1 aliphatic heterocycles. The normalized spacial score (nSPS) is 13.0. The number of likely N-dealkylation sites (N-methyl/N-ethyl adjacent to an activating group) is 1. The number of fused-ring (bicyclic) bond motifs is 1. The molecule has 0 spiro atoms. The number of sulfonamides is 1. The van der Waals surface area contributed by atoms with Gasteiger partial charge in [0, 0.05) is 31.1 Å². The second-order valence-corrected chi connectivity index (χ2v) is 12.6. The standard InChI is InChI=1S/C33H31ClFN3O6S/c1-36-33(40)29(19-23-5-3-2-4-6-23)37(21-24-7-9-25(34)10-8-24)32(39)22-38(27-13-11-26(35)12-14-27)45(41,42)28-15-16-30-31(20-28)44-18-17-43-30/h2-16,20,29H,17-19,21-22H2,1H3,(H,36,40)/t29-/m1/s1. The molecule has 1 heterocycles. The molecule has 1 aliphatic rings. The monoisotopic (exact) mass is 651 g/mol. The summed E-state index contributed by atoms with van der Waals surface area (Å²) >= 11 is 6.09. The van der Waals surface area contributed by atoms with Gasteiger partial charge < -0.3 is 19.7 Å². The molecule has 0 radical (unpaired) electrons. The maximum Gasteiger partial charge on any atom is 0.264 e. The van der Waals surface area contributed by atoms with Crippen molar-refractivity contribution in [3.05, 3.63) is 119 Å². The van der Waals surface area contributed by atoms with Gasteiger partial charge in [0.05, 0.1) is 10.6 Å². The Balaban J connectivity index is 1.55. The molecule has 45 heavy (non-hydrogen) atoms. The van der Waals surface area contributed by atoms with E-state index in [0.717, 1.165) is 22.0 Å². The fourth-order valence-electron chi connectivity index (χ4n) is 4.95. The van der Waals surface area contributed by atoms with Gasteiger partial charge in [-0.05, 0) is 59.7 Å². The first-order valence-electron chi connectivity index (χ1n) is 14.1. The van der Waals surface area contributed by atoms with Crippen LogP contribution in [0.5, 0.6) is 11.5 Å². The number of benzene rings is 4. The van der Waals surface area contributed by atoms with Crippen LogP contribution >= 0.6 is 11.6 Å². The Labute approximate surface area is 266 Å². The van der Waals surface area contributed by atoms with E-state index >= 15 is 0 Å². The van der Waals surface area contributed by atoms with Crippen molar-refractivity contribution in [1.29, 1.82) is 0 Å². The van der Waals surface area contributed by atoms with E-state index < -0.39 is 40.2 Å². The SMILES string of the molecule is CNC(=O)[C@@H](Cc1ccccc1)N(Cc1ccc(Cl)cc1)C(=O)CN(c1ccc(F)cc1)S(=O)(=O)c1ccc2c(c1)OCCO2. The van der Waals surface area contributed by atoms with Crippen molar-refractivity contribution >= 4 is 39.1 Å². The van der Waals surface area contributed by atoms with Crippen LogP contribution in [0.25, 0.3) is 0 Å². The summed E-state index contributed by atoms with van der Waals surface area (Å²) in [6.07, 6.45) is 0.172. The van der Waals surface area contributed by atoms with Crippen molar-refractivity contribution in [2.45, 2.75) is 23.9 Å². The zero-order chi connectivity index (χ0) is 32.0. The molecule has 12 heteroatoms. The predicted molar refractivity (Wildman–Crippen MR) is 168 cm³/mol. The van der Waals surface area contributed by atoms with Crippen molar-refractivity contribution in [2.24, 2.45) is 0 Å². The van der Waals surface area contributed by atoms with Gasteiger partial charge in [0.15, 0.2) is 11.5 Å². The molecule has 0 saturated heterocycles. The minimum Gasteiger partial charge on any atom is -0.486 e. The molecule has 1 N–H and O–H groups in total. The van der Waals surface area contributed by atoms with Gasteiger partial charge in [0.1, 0.15) is 31.6 Å². The van der Waals surface area contributed by atoms with Crippen LogP contribution in [0.3, 0.4) is 0 Å². The van der Waals surface area contributed by atoms with Crippen LogP contribution in [0, 0.1) is 5.82 Å². The lowest BCUT2D eigenvalue weighted by molar-refractivity contribution is -0.139. The van der Waals surface area contributed by atoms with Crippen molar-refractivity contribution in [1.82, 2.24) is 10.2 Å². The highest BCUT2D eigenvalue weighted by atomic mass is 35.5. The van der Waals surface area contributed by atoms with E-state index in [1.807, 2.05) is 30.3 Å². The average Bonchev–Trinajstić information content (AvgIpc) is 3.06. The number of ether oxygens (including phenoxy) is 2. The number of hydrogen-bond acceptors (Lipinski definition) is 6. The van der Waals surface area contributed by atoms with E-state index in [1.54, 1.807) is 24.3 Å². The molecule has 0 bridgehead atoms. The number of hydrogen-bond donors (Lipinski definition) is 1. The van der Waals surface area contributed by atoms with Gasteiger partial charge >= 0.3 is 0 Å². The summed E-state index contributed by atoms with van der Waals surface area (Å²) in [5.41, 5.74) is 1.54. The predicted octanol–water partition coefficient (Wildman–Crippen LogP) is 4.83. The minimum atomic E-state index is -4.41. The third-order valence-electron chi connectivity index (χ3n) is 7.28. The molecule has 0 saturated carbocycles. The number of nitrogens with one attached hydrogen (secondary N) is 1. The molecule has 5 rings (SSSR count). The Morgan fingerprint density at radius 2 is 1.56 bits per heavy atom. The van der Waals surface area contributed by atoms with Crippen molar-refractivity contribution in [3.8, 4) is 11.5 Å². The lowest BCUT2D eigenvalue weighted by atomic mass is 10.0. The molecule has 1 atom stereocenters. The van der Waals surface area contributed by atoms with Crippen molar-refractivity contribution in [3.63, 3.8) is 0 Å². The number of halogens is 2. The van der Waals surface area contributed by atoms with Crippen molar-refractivity contribution < 1.29 is 31.9 Å².